The third kappa shape index (κ3) is 0.381. The zero-order valence-corrected chi connectivity index (χ0v) is 2.96. The maximum atomic E-state index is 4.94. The van der Waals surface area contributed by atoms with Crippen LogP contribution in [0.2, 0.25) is 0 Å². The van der Waals surface area contributed by atoms with Crippen molar-refractivity contribution in [1.82, 2.24) is 10.2 Å². The Balaban J connectivity index is 3.05. The van der Waals surface area contributed by atoms with Gasteiger partial charge in [-0.05, 0) is 0 Å². The molecule has 0 saturated carbocycles. The molecule has 0 N–H and O–H groups in total. The van der Waals surface area contributed by atoms with Crippen LogP contribution < -0.4 is 0 Å². The Kier molecular flexibility index (Phi) is 0.602. The van der Waals surface area contributed by atoms with Crippen molar-refractivity contribution >= 4 is 0 Å². The number of aromatic nitrogens is 2. The van der Waals surface area contributed by atoms with Gasteiger partial charge in [-0.25, -0.2) is 0 Å². The molecule has 0 aromatic carbocycles. The fourth-order valence-corrected chi connectivity index (χ4v) is 0.182. The lowest BCUT2D eigenvalue weighted by molar-refractivity contribution is 0.534. The highest BCUT2D eigenvalue weighted by Gasteiger charge is 1.80. The van der Waals surface area contributed by atoms with E-state index in [1.807, 2.05) is 0 Å². The van der Waals surface area contributed by atoms with Crippen molar-refractivity contribution < 1.29 is 4.42 Å². The van der Waals surface area contributed by atoms with E-state index in [0.717, 1.165) is 0 Å². The molecular formula is C3H2N2O. The van der Waals surface area contributed by atoms with E-state index in [4.69, 9.17) is 6.92 Å². The quantitative estimate of drug-likeness (QED) is 0.446. The smallest absolute Gasteiger partial charge is 0.220 e. The summed E-state index contributed by atoms with van der Waals surface area (Å²) in [6.45, 7) is 4.94. The second kappa shape index (κ2) is 1.08. The number of nitrogens with zero attached hydrogens (tertiary/aromatic N) is 2. The summed E-state index contributed by atoms with van der Waals surface area (Å²) in [5.74, 6) is 0.106. The molecule has 1 heterocycles. The maximum absolute atomic E-state index is 4.94. The van der Waals surface area contributed by atoms with Gasteiger partial charge in [-0.15, -0.1) is 10.2 Å². The summed E-state index contributed by atoms with van der Waals surface area (Å²) in [4.78, 5) is 0. The highest BCUT2D eigenvalue weighted by atomic mass is 16.4. The molecule has 3 nitrogen and oxygen atoms in total. The van der Waals surface area contributed by atoms with Crippen LogP contribution in [0.4, 0.5) is 0 Å². The van der Waals surface area contributed by atoms with Crippen molar-refractivity contribution in [2.24, 2.45) is 0 Å². The molecule has 1 aromatic rings. The predicted molar refractivity (Wildman–Crippen MR) is 17.7 cm³/mol. The van der Waals surface area contributed by atoms with E-state index in [1.165, 1.54) is 6.39 Å². The Bertz CT molecular complexity index is 112. The second-order valence-corrected chi connectivity index (χ2v) is 0.777. The summed E-state index contributed by atoms with van der Waals surface area (Å²) < 4.78 is 4.39. The lowest BCUT2D eigenvalue weighted by Gasteiger charge is -1.62. The van der Waals surface area contributed by atoms with Crippen LogP contribution in [-0.2, 0) is 0 Å². The zero-order valence-electron chi connectivity index (χ0n) is 2.96. The van der Waals surface area contributed by atoms with Gasteiger partial charge < -0.3 is 4.42 Å². The first-order valence-corrected chi connectivity index (χ1v) is 1.41. The minimum atomic E-state index is 0.106. The highest BCUT2D eigenvalue weighted by molar-refractivity contribution is 4.74. The Hall–Kier alpha value is -0.860. The first-order valence-electron chi connectivity index (χ1n) is 1.41. The SMILES string of the molecule is [CH]c1nnco1. The van der Waals surface area contributed by atoms with E-state index in [-0.39, 0.29) is 5.89 Å². The molecule has 2 radical (unpaired) electrons. The molecule has 6 heavy (non-hydrogen) atoms. The summed E-state index contributed by atoms with van der Waals surface area (Å²) in [7, 11) is 0. The molecular weight excluding hydrogens is 80.0 g/mol. The van der Waals surface area contributed by atoms with Crippen molar-refractivity contribution in [2.45, 2.75) is 0 Å². The fraction of sp³-hybridized carbons (Fsp3) is 0. The van der Waals surface area contributed by atoms with Crippen LogP contribution in [0.1, 0.15) is 5.89 Å². The summed E-state index contributed by atoms with van der Waals surface area (Å²) in [6, 6.07) is 0. The van der Waals surface area contributed by atoms with E-state index in [1.54, 1.807) is 0 Å². The lowest BCUT2D eigenvalue weighted by atomic mass is 10.8. The van der Waals surface area contributed by atoms with Crippen LogP contribution in [0.15, 0.2) is 10.8 Å². The van der Waals surface area contributed by atoms with Gasteiger partial charge in [0.1, 0.15) is 0 Å². The van der Waals surface area contributed by atoms with Gasteiger partial charge in [0.2, 0.25) is 12.3 Å². The zero-order chi connectivity index (χ0) is 4.41. The molecule has 1 aromatic heterocycles. The van der Waals surface area contributed by atoms with Crippen molar-refractivity contribution in [3.05, 3.63) is 19.2 Å². The molecule has 3 heteroatoms. The van der Waals surface area contributed by atoms with Crippen LogP contribution in [0, 0.1) is 6.92 Å². The van der Waals surface area contributed by atoms with Gasteiger partial charge in [0.15, 0.2) is 0 Å². The van der Waals surface area contributed by atoms with E-state index in [9.17, 15) is 0 Å². The highest BCUT2D eigenvalue weighted by Crippen LogP contribution is 1.82. The largest absolute Gasteiger partial charge is 0.428 e. The average Bonchev–Trinajstić information content (AvgIpc) is 1.86. The topological polar surface area (TPSA) is 38.9 Å². The van der Waals surface area contributed by atoms with E-state index in [0.29, 0.717) is 0 Å². The molecule has 0 aliphatic rings. The normalized spacial score (nSPS) is 8.83. The maximum Gasteiger partial charge on any atom is 0.220 e. The monoisotopic (exact) mass is 82.0 g/mol. The van der Waals surface area contributed by atoms with Crippen molar-refractivity contribution in [3.8, 4) is 0 Å². The first kappa shape index (κ1) is 3.33. The predicted octanol–water partition coefficient (Wildman–Crippen LogP) is 0.129. The molecule has 30 valence electrons. The summed E-state index contributed by atoms with van der Waals surface area (Å²) in [5, 5.41) is 6.56. The fourth-order valence-electron chi connectivity index (χ4n) is 0.182. The number of rotatable bonds is 0. The third-order valence-electron chi connectivity index (χ3n) is 0.377. The molecule has 0 fully saturated rings. The summed E-state index contributed by atoms with van der Waals surface area (Å²) >= 11 is 0. The molecule has 0 aliphatic heterocycles. The Morgan fingerprint density at radius 3 is 2.83 bits per heavy atom. The van der Waals surface area contributed by atoms with Crippen molar-refractivity contribution in [1.29, 1.82) is 0 Å². The molecule has 1 rings (SSSR count). The molecule has 0 spiro atoms. The molecule has 0 bridgehead atoms. The van der Waals surface area contributed by atoms with Crippen LogP contribution in [0.5, 0.6) is 0 Å². The first-order chi connectivity index (χ1) is 2.89. The van der Waals surface area contributed by atoms with Gasteiger partial charge in [0.25, 0.3) is 0 Å². The minimum absolute atomic E-state index is 0.106. The van der Waals surface area contributed by atoms with Crippen molar-refractivity contribution in [3.63, 3.8) is 0 Å². The molecule has 0 aliphatic carbocycles. The van der Waals surface area contributed by atoms with Gasteiger partial charge in [-0.2, -0.15) is 0 Å². The molecule has 0 amide bonds. The molecule has 0 atom stereocenters. The van der Waals surface area contributed by atoms with E-state index in [2.05, 4.69) is 14.6 Å². The van der Waals surface area contributed by atoms with E-state index >= 15 is 0 Å². The van der Waals surface area contributed by atoms with E-state index < -0.39 is 0 Å². The summed E-state index contributed by atoms with van der Waals surface area (Å²) in [5.41, 5.74) is 0. The third-order valence-corrected chi connectivity index (χ3v) is 0.377. The van der Waals surface area contributed by atoms with Crippen LogP contribution in [-0.4, -0.2) is 10.2 Å². The molecule has 0 unspecified atom stereocenters. The minimum Gasteiger partial charge on any atom is -0.428 e. The van der Waals surface area contributed by atoms with Gasteiger partial charge in [-0.1, -0.05) is 0 Å². The van der Waals surface area contributed by atoms with Gasteiger partial charge in [0.05, 0.1) is 6.92 Å². The van der Waals surface area contributed by atoms with Crippen LogP contribution in [0.25, 0.3) is 0 Å². The summed E-state index contributed by atoms with van der Waals surface area (Å²) in [6.07, 6.45) is 1.18. The van der Waals surface area contributed by atoms with Crippen LogP contribution in [0.3, 0.4) is 0 Å². The Morgan fingerprint density at radius 1 is 1.83 bits per heavy atom. The van der Waals surface area contributed by atoms with Gasteiger partial charge in [0, 0.05) is 0 Å². The lowest BCUT2D eigenvalue weighted by Crippen LogP contribution is -1.65. The van der Waals surface area contributed by atoms with Crippen molar-refractivity contribution in [2.75, 3.05) is 0 Å². The standard InChI is InChI=1S/C3H2N2O/c1-3-5-4-2-6-3/h1-2H. The van der Waals surface area contributed by atoms with Gasteiger partial charge >= 0.3 is 0 Å². The number of hydrogen-bond donors (Lipinski definition) is 0. The second-order valence-electron chi connectivity index (χ2n) is 0.777. The van der Waals surface area contributed by atoms with Crippen LogP contribution >= 0.6 is 0 Å². The number of hydrogen-bond acceptors (Lipinski definition) is 3. The Labute approximate surface area is 35.0 Å². The molecule has 0 saturated heterocycles. The average molecular weight is 82.1 g/mol. The Morgan fingerprint density at radius 2 is 2.67 bits per heavy atom. The van der Waals surface area contributed by atoms with Gasteiger partial charge in [-0.3, -0.25) is 0 Å².